The van der Waals surface area contributed by atoms with E-state index >= 15 is 0 Å². The van der Waals surface area contributed by atoms with Gasteiger partial charge >= 0.3 is 13.8 Å². The summed E-state index contributed by atoms with van der Waals surface area (Å²) in [5, 5.41) is 18.4. The summed E-state index contributed by atoms with van der Waals surface area (Å²) in [5.41, 5.74) is 0. The first-order chi connectivity index (χ1) is 27.3. The summed E-state index contributed by atoms with van der Waals surface area (Å²) in [6, 6.07) is 0. The topological polar surface area (TPSA) is 132 Å². The second-order valence-corrected chi connectivity index (χ2v) is 15.8. The molecule has 0 radical (unpaired) electrons. The molecule has 10 heteroatoms. The van der Waals surface area contributed by atoms with E-state index in [0.717, 1.165) is 96.3 Å². The van der Waals surface area contributed by atoms with Crippen LogP contribution in [0, 0.1) is 0 Å². The van der Waals surface area contributed by atoms with E-state index in [-0.39, 0.29) is 13.0 Å². The third-order valence-electron chi connectivity index (χ3n) is 8.88. The van der Waals surface area contributed by atoms with Crippen LogP contribution in [0.25, 0.3) is 0 Å². The number of hydrogen-bond acceptors (Lipinski definition) is 8. The van der Waals surface area contributed by atoms with E-state index in [0.29, 0.717) is 13.0 Å². The van der Waals surface area contributed by atoms with E-state index in [1.54, 1.807) is 0 Å². The highest BCUT2D eigenvalue weighted by atomic mass is 31.2. The van der Waals surface area contributed by atoms with Gasteiger partial charge in [-0.3, -0.25) is 13.8 Å². The van der Waals surface area contributed by atoms with E-state index < -0.39 is 45.8 Å². The fraction of sp³-hybridized carbons (Fsp3) is 0.717. The lowest BCUT2D eigenvalue weighted by atomic mass is 10.1. The zero-order valence-electron chi connectivity index (χ0n) is 35.3. The van der Waals surface area contributed by atoms with Crippen LogP contribution in [0.4, 0.5) is 0 Å². The molecular weight excluding hydrogens is 727 g/mol. The fourth-order valence-electron chi connectivity index (χ4n) is 5.55. The van der Waals surface area contributed by atoms with Crippen molar-refractivity contribution in [2.45, 2.75) is 180 Å². The summed E-state index contributed by atoms with van der Waals surface area (Å²) in [6.07, 6.45) is 49.9. The first kappa shape index (κ1) is 53.9. The maximum atomic E-state index is 12.6. The molecule has 0 aliphatic rings. The number of hydrogen-bond donors (Lipinski definition) is 3. The first-order valence-electron chi connectivity index (χ1n) is 21.9. The normalized spacial score (nSPS) is 14.7. The predicted octanol–water partition coefficient (Wildman–Crippen LogP) is 12.1. The molecule has 0 aliphatic carbocycles. The van der Waals surface area contributed by atoms with Crippen molar-refractivity contribution in [2.24, 2.45) is 0 Å². The van der Waals surface area contributed by atoms with Crippen molar-refractivity contribution in [1.29, 1.82) is 0 Å². The summed E-state index contributed by atoms with van der Waals surface area (Å²) < 4.78 is 33.4. The molecule has 0 bridgehead atoms. The van der Waals surface area contributed by atoms with Crippen molar-refractivity contribution in [2.75, 3.05) is 33.0 Å². The lowest BCUT2D eigenvalue weighted by Gasteiger charge is -2.20. The van der Waals surface area contributed by atoms with Crippen LogP contribution in [0.15, 0.2) is 72.9 Å². The van der Waals surface area contributed by atoms with Gasteiger partial charge in [-0.05, 0) is 83.5 Å². The van der Waals surface area contributed by atoms with Gasteiger partial charge in [0.05, 0.1) is 26.4 Å². The highest BCUT2D eigenvalue weighted by molar-refractivity contribution is 7.47. The number of ether oxygens (including phenoxy) is 2. The van der Waals surface area contributed by atoms with E-state index in [1.807, 2.05) is 0 Å². The van der Waals surface area contributed by atoms with Gasteiger partial charge in [0.2, 0.25) is 0 Å². The van der Waals surface area contributed by atoms with E-state index in [1.165, 1.54) is 44.9 Å². The second kappa shape index (κ2) is 42.5. The Morgan fingerprint density at radius 3 is 1.54 bits per heavy atom. The Balaban J connectivity index is 4.23. The molecule has 3 atom stereocenters. The minimum atomic E-state index is -4.53. The highest BCUT2D eigenvalue weighted by Gasteiger charge is 2.26. The number of phosphoric acid groups is 1. The minimum Gasteiger partial charge on any atom is -0.457 e. The Kier molecular flexibility index (Phi) is 40.9. The van der Waals surface area contributed by atoms with Gasteiger partial charge in [-0.2, -0.15) is 0 Å². The first-order valence-corrected chi connectivity index (χ1v) is 23.4. The summed E-state index contributed by atoms with van der Waals surface area (Å²) in [4.78, 5) is 22.6. The van der Waals surface area contributed by atoms with Crippen LogP contribution >= 0.6 is 7.82 Å². The molecule has 0 spiro atoms. The van der Waals surface area contributed by atoms with Crippen LogP contribution in [-0.4, -0.2) is 66.3 Å². The minimum absolute atomic E-state index is 0.0323. The summed E-state index contributed by atoms with van der Waals surface area (Å²) in [6.45, 7) is 3.32. The molecule has 0 aromatic rings. The number of carbonyl (C=O) groups excluding carboxylic acids is 1. The van der Waals surface area contributed by atoms with Gasteiger partial charge in [0.15, 0.2) is 0 Å². The maximum Gasteiger partial charge on any atom is 0.472 e. The second-order valence-electron chi connectivity index (χ2n) is 14.3. The fourth-order valence-corrected chi connectivity index (χ4v) is 6.34. The molecule has 56 heavy (non-hydrogen) atoms. The summed E-state index contributed by atoms with van der Waals surface area (Å²) in [7, 11) is -4.53. The largest absolute Gasteiger partial charge is 0.472 e. The SMILES string of the molecule is CC/C=C\C/C=C\C/C=C\C/C=C\CCCCCCCCC(=O)OC(COCCCCCCCC/C=C\C/C=C\CCCCC)COP(=O)(O)OCC(O)CO. The number of rotatable bonds is 41. The lowest BCUT2D eigenvalue weighted by molar-refractivity contribution is -0.154. The molecule has 0 saturated carbocycles. The van der Waals surface area contributed by atoms with Crippen molar-refractivity contribution in [3.8, 4) is 0 Å². The molecule has 0 aliphatic heterocycles. The van der Waals surface area contributed by atoms with Crippen LogP contribution in [0.1, 0.15) is 168 Å². The Labute approximate surface area is 342 Å². The molecule has 324 valence electrons. The van der Waals surface area contributed by atoms with Crippen LogP contribution < -0.4 is 0 Å². The molecule has 0 rings (SSSR count). The van der Waals surface area contributed by atoms with E-state index in [9.17, 15) is 19.4 Å². The Bertz CT molecular complexity index is 1100. The zero-order valence-corrected chi connectivity index (χ0v) is 36.2. The number of aliphatic hydroxyl groups is 2. The Hall–Kier alpha value is -2.10. The molecule has 0 aromatic heterocycles. The zero-order chi connectivity index (χ0) is 41.1. The Morgan fingerprint density at radius 2 is 1.02 bits per heavy atom. The quantitative estimate of drug-likeness (QED) is 0.0239. The summed E-state index contributed by atoms with van der Waals surface area (Å²) in [5.74, 6) is -0.403. The van der Waals surface area contributed by atoms with Gasteiger partial charge in [0, 0.05) is 13.0 Å². The van der Waals surface area contributed by atoms with Crippen molar-refractivity contribution < 1.29 is 43.0 Å². The third kappa shape index (κ3) is 41.5. The number of allylic oxidation sites excluding steroid dienone is 12. The third-order valence-corrected chi connectivity index (χ3v) is 9.83. The van der Waals surface area contributed by atoms with Gasteiger partial charge in [0.25, 0.3) is 0 Å². The van der Waals surface area contributed by atoms with Gasteiger partial charge in [-0.25, -0.2) is 4.57 Å². The Morgan fingerprint density at radius 1 is 0.571 bits per heavy atom. The van der Waals surface area contributed by atoms with Gasteiger partial charge in [-0.15, -0.1) is 0 Å². The number of aliphatic hydroxyl groups excluding tert-OH is 2. The van der Waals surface area contributed by atoms with Crippen LogP contribution in [0.3, 0.4) is 0 Å². The molecule has 3 unspecified atom stereocenters. The lowest BCUT2D eigenvalue weighted by Crippen LogP contribution is -2.29. The standard InChI is InChI=1S/C46H81O9P/c1-3-5-7-9-11-13-15-17-19-21-22-23-24-26-28-30-32-34-36-38-46(49)55-45(43-54-56(50,51)53-41-44(48)40-47)42-52-39-37-35-33-31-29-27-25-20-18-16-14-12-10-8-6-4-2/h5,7,11-14,17-20,22-23,44-45,47-48H,3-4,6,8-10,15-16,21,24-43H2,1-2H3,(H,50,51)/b7-5-,13-11-,14-12-,19-17-,20-18-,23-22-. The summed E-state index contributed by atoms with van der Waals surface area (Å²) >= 11 is 0. The molecule has 0 saturated heterocycles. The molecule has 0 amide bonds. The van der Waals surface area contributed by atoms with Crippen molar-refractivity contribution in [1.82, 2.24) is 0 Å². The van der Waals surface area contributed by atoms with Crippen molar-refractivity contribution in [3.63, 3.8) is 0 Å². The average Bonchev–Trinajstić information content (AvgIpc) is 3.19. The molecule has 0 aromatic carbocycles. The number of esters is 1. The van der Waals surface area contributed by atoms with Crippen LogP contribution in [0.2, 0.25) is 0 Å². The highest BCUT2D eigenvalue weighted by Crippen LogP contribution is 2.43. The molecule has 3 N–H and O–H groups in total. The number of carbonyl (C=O) groups is 1. The smallest absolute Gasteiger partial charge is 0.457 e. The average molecular weight is 809 g/mol. The van der Waals surface area contributed by atoms with E-state index in [2.05, 4.69) is 86.8 Å². The molecule has 9 nitrogen and oxygen atoms in total. The van der Waals surface area contributed by atoms with Crippen molar-refractivity contribution >= 4 is 13.8 Å². The van der Waals surface area contributed by atoms with Crippen LogP contribution in [0.5, 0.6) is 0 Å². The van der Waals surface area contributed by atoms with Crippen molar-refractivity contribution in [3.05, 3.63) is 72.9 Å². The molecule has 0 heterocycles. The number of unbranched alkanes of at least 4 members (excludes halogenated alkanes) is 15. The molecular formula is C46H81O9P. The van der Waals surface area contributed by atoms with Crippen LogP contribution in [-0.2, 0) is 27.9 Å². The molecule has 0 fully saturated rings. The van der Waals surface area contributed by atoms with Gasteiger partial charge in [0.1, 0.15) is 12.2 Å². The van der Waals surface area contributed by atoms with Gasteiger partial charge in [-0.1, -0.05) is 151 Å². The maximum absolute atomic E-state index is 12.6. The number of phosphoric ester groups is 1. The monoisotopic (exact) mass is 809 g/mol. The van der Waals surface area contributed by atoms with Gasteiger partial charge < -0.3 is 24.6 Å². The predicted molar refractivity (Wildman–Crippen MR) is 233 cm³/mol. The van der Waals surface area contributed by atoms with E-state index in [4.69, 9.17) is 23.6 Å².